The largest absolute Gasteiger partial charge is 0.494 e. The van der Waals surface area contributed by atoms with Gasteiger partial charge in [-0.05, 0) is 148 Å². The highest BCUT2D eigenvalue weighted by Crippen LogP contribution is 2.23. The number of carbonyl (C=O) groups is 2. The minimum Gasteiger partial charge on any atom is -0.494 e. The molecule has 0 aliphatic carbocycles. The van der Waals surface area contributed by atoms with Gasteiger partial charge in [0.1, 0.15) is 34.5 Å². The predicted molar refractivity (Wildman–Crippen MR) is 213 cm³/mol. The van der Waals surface area contributed by atoms with Gasteiger partial charge in [-0.15, -0.1) is 0 Å². The second kappa shape index (κ2) is 22.5. The third kappa shape index (κ3) is 15.2. The van der Waals surface area contributed by atoms with Crippen LogP contribution in [0.25, 0.3) is 0 Å². The fourth-order valence-corrected chi connectivity index (χ4v) is 6.00. The van der Waals surface area contributed by atoms with E-state index in [-0.39, 0.29) is 0 Å². The SMILES string of the molecule is O=C(Oc1ccc(OCCCCCCCCOc2ccc(OC(=O)c3ccc(OCCCCC4CO4)cc3)cc2)cc1)c1ccc(OCCCCC2CO2)cc1. The smallest absolute Gasteiger partial charge is 0.343 e. The van der Waals surface area contributed by atoms with Crippen LogP contribution in [0.4, 0.5) is 0 Å². The van der Waals surface area contributed by atoms with Crippen LogP contribution in [0.1, 0.15) is 97.8 Å². The van der Waals surface area contributed by atoms with Crippen molar-refractivity contribution >= 4 is 11.9 Å². The summed E-state index contributed by atoms with van der Waals surface area (Å²) in [6, 6.07) is 28.3. The minimum absolute atomic E-state index is 0.416. The molecule has 0 bridgehead atoms. The Labute approximate surface area is 330 Å². The first-order valence-corrected chi connectivity index (χ1v) is 20.2. The second-order valence-corrected chi connectivity index (χ2v) is 14.2. The Balaban J connectivity index is 0.749. The maximum atomic E-state index is 12.6. The normalized spacial score (nSPS) is 15.4. The molecule has 0 aromatic heterocycles. The molecule has 2 heterocycles. The highest BCUT2D eigenvalue weighted by Gasteiger charge is 2.21. The Morgan fingerprint density at radius 3 is 0.982 bits per heavy atom. The molecule has 10 heteroatoms. The summed E-state index contributed by atoms with van der Waals surface area (Å²) in [7, 11) is 0. The summed E-state index contributed by atoms with van der Waals surface area (Å²) in [5.74, 6) is 3.08. The number of hydrogen-bond donors (Lipinski definition) is 0. The fraction of sp³-hybridized carbons (Fsp3) is 0.435. The number of epoxide rings is 2. The molecule has 2 aliphatic heterocycles. The number of esters is 2. The summed E-state index contributed by atoms with van der Waals surface area (Å²) in [6.07, 6.45) is 13.6. The molecule has 2 aliphatic rings. The number of unbranched alkanes of at least 4 members (excludes halogenated alkanes) is 7. The molecule has 4 aromatic rings. The van der Waals surface area contributed by atoms with E-state index in [0.29, 0.717) is 61.3 Å². The van der Waals surface area contributed by atoms with Crippen molar-refractivity contribution in [2.24, 2.45) is 0 Å². The third-order valence-corrected chi connectivity index (χ3v) is 9.51. The topological polar surface area (TPSA) is 115 Å². The lowest BCUT2D eigenvalue weighted by Crippen LogP contribution is -2.08. The fourth-order valence-electron chi connectivity index (χ4n) is 6.00. The van der Waals surface area contributed by atoms with Gasteiger partial charge < -0.3 is 37.9 Å². The van der Waals surface area contributed by atoms with Gasteiger partial charge in [0.15, 0.2) is 0 Å². The first-order valence-electron chi connectivity index (χ1n) is 20.2. The van der Waals surface area contributed by atoms with Crippen LogP contribution in [0, 0.1) is 0 Å². The van der Waals surface area contributed by atoms with Crippen molar-refractivity contribution < 1.29 is 47.5 Å². The Morgan fingerprint density at radius 2 is 0.661 bits per heavy atom. The average Bonchev–Trinajstić information content (AvgIpc) is 4.17. The van der Waals surface area contributed by atoms with Crippen LogP contribution >= 0.6 is 0 Å². The summed E-state index contributed by atoms with van der Waals surface area (Å²) in [4.78, 5) is 25.2. The lowest BCUT2D eigenvalue weighted by Gasteiger charge is -2.09. The van der Waals surface area contributed by atoms with Crippen molar-refractivity contribution in [3.63, 3.8) is 0 Å². The third-order valence-electron chi connectivity index (χ3n) is 9.51. The van der Waals surface area contributed by atoms with Crippen molar-refractivity contribution in [2.75, 3.05) is 39.6 Å². The number of benzene rings is 4. The number of hydrogen-bond acceptors (Lipinski definition) is 10. The summed E-state index contributed by atoms with van der Waals surface area (Å²) in [6.45, 7) is 4.36. The molecular weight excluding hydrogens is 712 g/mol. The van der Waals surface area contributed by atoms with E-state index in [1.807, 2.05) is 24.3 Å². The van der Waals surface area contributed by atoms with E-state index in [1.54, 1.807) is 72.8 Å². The molecule has 2 unspecified atom stereocenters. The second-order valence-electron chi connectivity index (χ2n) is 14.2. The van der Waals surface area contributed by atoms with Gasteiger partial charge >= 0.3 is 11.9 Å². The van der Waals surface area contributed by atoms with Gasteiger partial charge in [0.05, 0.1) is 63.0 Å². The molecular formula is C46H54O10. The standard InChI is InChI=1S/C46H54O10/c47-45(35-13-17-37(18-14-35)51-31-9-5-11-43-33-53-43)55-41-25-21-39(22-26-41)49-29-7-3-1-2-4-8-30-50-40-23-27-42(28-24-40)56-46(48)36-15-19-38(20-16-36)52-32-10-6-12-44-34-54-44/h13-28,43-44H,1-12,29-34H2. The summed E-state index contributed by atoms with van der Waals surface area (Å²) in [5.41, 5.74) is 0.933. The Bertz CT molecular complexity index is 1600. The average molecular weight is 767 g/mol. The maximum absolute atomic E-state index is 12.6. The van der Waals surface area contributed by atoms with E-state index >= 15 is 0 Å². The van der Waals surface area contributed by atoms with Gasteiger partial charge in [-0.2, -0.15) is 0 Å². The van der Waals surface area contributed by atoms with Crippen molar-refractivity contribution in [1.29, 1.82) is 0 Å². The van der Waals surface area contributed by atoms with Gasteiger partial charge in [0, 0.05) is 0 Å². The van der Waals surface area contributed by atoms with Gasteiger partial charge in [0.2, 0.25) is 0 Å². The van der Waals surface area contributed by atoms with E-state index in [0.717, 1.165) is 113 Å². The monoisotopic (exact) mass is 766 g/mol. The molecule has 0 radical (unpaired) electrons. The molecule has 0 saturated carbocycles. The molecule has 56 heavy (non-hydrogen) atoms. The molecule has 2 saturated heterocycles. The first kappa shape index (κ1) is 40.6. The Morgan fingerprint density at radius 1 is 0.393 bits per heavy atom. The number of rotatable bonds is 27. The molecule has 6 rings (SSSR count). The van der Waals surface area contributed by atoms with Crippen LogP contribution in [0.2, 0.25) is 0 Å². The molecule has 0 amide bonds. The quantitative estimate of drug-likeness (QED) is 0.0252. The molecule has 2 fully saturated rings. The zero-order chi connectivity index (χ0) is 38.6. The van der Waals surface area contributed by atoms with Crippen molar-refractivity contribution in [1.82, 2.24) is 0 Å². The molecule has 10 nitrogen and oxygen atoms in total. The number of ether oxygens (including phenoxy) is 8. The summed E-state index contributed by atoms with van der Waals surface area (Å²) >= 11 is 0. The molecule has 0 N–H and O–H groups in total. The summed E-state index contributed by atoms with van der Waals surface area (Å²) in [5, 5.41) is 0. The van der Waals surface area contributed by atoms with Crippen molar-refractivity contribution in [3.8, 4) is 34.5 Å². The number of carbonyl (C=O) groups excluding carboxylic acids is 2. The maximum Gasteiger partial charge on any atom is 0.343 e. The van der Waals surface area contributed by atoms with Gasteiger partial charge in [-0.3, -0.25) is 0 Å². The Kier molecular flexibility index (Phi) is 16.3. The van der Waals surface area contributed by atoms with E-state index < -0.39 is 11.9 Å². The van der Waals surface area contributed by atoms with Crippen LogP contribution in [-0.4, -0.2) is 63.8 Å². The first-order chi connectivity index (χ1) is 27.6. The zero-order valence-corrected chi connectivity index (χ0v) is 32.2. The molecule has 2 atom stereocenters. The van der Waals surface area contributed by atoms with E-state index in [4.69, 9.17) is 37.9 Å². The van der Waals surface area contributed by atoms with Gasteiger partial charge in [-0.1, -0.05) is 25.7 Å². The minimum atomic E-state index is -0.416. The lowest BCUT2D eigenvalue weighted by molar-refractivity contribution is 0.0725. The van der Waals surface area contributed by atoms with Gasteiger partial charge in [0.25, 0.3) is 0 Å². The zero-order valence-electron chi connectivity index (χ0n) is 32.2. The van der Waals surface area contributed by atoms with E-state index in [1.165, 1.54) is 0 Å². The molecule has 0 spiro atoms. The molecule has 4 aromatic carbocycles. The van der Waals surface area contributed by atoms with Crippen LogP contribution in [0.5, 0.6) is 34.5 Å². The van der Waals surface area contributed by atoms with Crippen LogP contribution in [0.3, 0.4) is 0 Å². The molecule has 298 valence electrons. The van der Waals surface area contributed by atoms with Crippen LogP contribution < -0.4 is 28.4 Å². The lowest BCUT2D eigenvalue weighted by atomic mass is 10.1. The van der Waals surface area contributed by atoms with Gasteiger partial charge in [-0.25, -0.2) is 9.59 Å². The highest BCUT2D eigenvalue weighted by atomic mass is 16.6. The van der Waals surface area contributed by atoms with Crippen LogP contribution in [0.15, 0.2) is 97.1 Å². The van der Waals surface area contributed by atoms with E-state index in [2.05, 4.69) is 0 Å². The Hall–Kier alpha value is -5.06. The van der Waals surface area contributed by atoms with Crippen molar-refractivity contribution in [3.05, 3.63) is 108 Å². The predicted octanol–water partition coefficient (Wildman–Crippen LogP) is 9.82. The van der Waals surface area contributed by atoms with Crippen molar-refractivity contribution in [2.45, 2.75) is 89.3 Å². The highest BCUT2D eigenvalue weighted by molar-refractivity contribution is 5.91. The van der Waals surface area contributed by atoms with E-state index in [9.17, 15) is 9.59 Å². The summed E-state index contributed by atoms with van der Waals surface area (Å²) < 4.78 is 44.8. The van der Waals surface area contributed by atoms with Crippen LogP contribution in [-0.2, 0) is 9.47 Å².